The van der Waals surface area contributed by atoms with Crippen molar-refractivity contribution in [2.24, 2.45) is 0 Å². The lowest BCUT2D eigenvalue weighted by Gasteiger charge is -2.24. The molecule has 4 heterocycles. The van der Waals surface area contributed by atoms with Crippen LogP contribution in [0.1, 0.15) is 50.3 Å². The number of anilines is 1. The first-order valence-electron chi connectivity index (χ1n) is 11.2. The second-order valence-electron chi connectivity index (χ2n) is 8.74. The van der Waals surface area contributed by atoms with Gasteiger partial charge in [-0.1, -0.05) is 18.2 Å². The van der Waals surface area contributed by atoms with Crippen molar-refractivity contribution in [1.82, 2.24) is 29.3 Å². The first-order valence-corrected chi connectivity index (χ1v) is 11.2. The summed E-state index contributed by atoms with van der Waals surface area (Å²) < 4.78 is 3.96. The minimum absolute atomic E-state index is 0.120. The van der Waals surface area contributed by atoms with Gasteiger partial charge in [-0.15, -0.1) is 0 Å². The zero-order valence-electron chi connectivity index (χ0n) is 18.0. The summed E-state index contributed by atoms with van der Waals surface area (Å²) in [5, 5.41) is 9.09. The number of nitrogens with two attached hydrogens (primary N) is 1. The Hall–Kier alpha value is -3.68. The molecule has 8 nitrogen and oxygen atoms in total. The van der Waals surface area contributed by atoms with Crippen molar-refractivity contribution in [3.63, 3.8) is 0 Å². The zero-order chi connectivity index (χ0) is 21.8. The normalized spacial score (nSPS) is 18.5. The summed E-state index contributed by atoms with van der Waals surface area (Å²) in [5.74, 6) is 0.571. The highest BCUT2D eigenvalue weighted by molar-refractivity contribution is 5.91. The molecule has 6 rings (SSSR count). The lowest BCUT2D eigenvalue weighted by atomic mass is 10.0. The van der Waals surface area contributed by atoms with E-state index in [-0.39, 0.29) is 11.9 Å². The van der Waals surface area contributed by atoms with Gasteiger partial charge in [-0.3, -0.25) is 9.48 Å². The molecule has 1 aliphatic carbocycles. The summed E-state index contributed by atoms with van der Waals surface area (Å²) >= 11 is 0. The quantitative estimate of drug-likeness (QED) is 0.534. The minimum atomic E-state index is 0.120. The molecule has 0 spiro atoms. The van der Waals surface area contributed by atoms with Gasteiger partial charge in [0.1, 0.15) is 11.8 Å². The standard InChI is InChI=1S/C24H25N7O/c1-15(32)29-11-3-6-20(29)16-4-2-5-17(12-16)22-13-19(23-24(25)26-14-28-31(22)23)21-9-10-27-30(21)18-7-8-18/h2,4-5,9-10,12-14,18,20H,3,6-8,11H2,1H3,(H2,25,26,28)/t20-/m0/s1. The molecule has 1 aliphatic heterocycles. The summed E-state index contributed by atoms with van der Waals surface area (Å²) in [6.07, 6.45) is 7.64. The number of amides is 1. The summed E-state index contributed by atoms with van der Waals surface area (Å²) in [6.45, 7) is 2.47. The van der Waals surface area contributed by atoms with Crippen molar-refractivity contribution in [3.8, 4) is 22.5 Å². The van der Waals surface area contributed by atoms with E-state index in [1.54, 1.807) is 6.92 Å². The lowest BCUT2D eigenvalue weighted by molar-refractivity contribution is -0.129. The number of aromatic nitrogens is 5. The van der Waals surface area contributed by atoms with Gasteiger partial charge in [-0.2, -0.15) is 10.2 Å². The van der Waals surface area contributed by atoms with Crippen molar-refractivity contribution < 1.29 is 4.79 Å². The molecular formula is C24H25N7O. The minimum Gasteiger partial charge on any atom is -0.382 e. The third kappa shape index (κ3) is 2.97. The molecule has 1 amide bonds. The molecule has 2 aliphatic rings. The van der Waals surface area contributed by atoms with Crippen LogP contribution in [-0.4, -0.2) is 41.7 Å². The van der Waals surface area contributed by atoms with Crippen molar-refractivity contribution in [3.05, 3.63) is 54.5 Å². The van der Waals surface area contributed by atoms with E-state index >= 15 is 0 Å². The molecule has 0 unspecified atom stereocenters. The summed E-state index contributed by atoms with van der Waals surface area (Å²) in [7, 11) is 0. The van der Waals surface area contributed by atoms with Crippen molar-refractivity contribution in [2.75, 3.05) is 12.3 Å². The Morgan fingerprint density at radius 1 is 1.09 bits per heavy atom. The molecule has 0 radical (unpaired) electrons. The molecule has 1 saturated carbocycles. The molecule has 4 aromatic rings. The van der Waals surface area contributed by atoms with Crippen LogP contribution in [0.4, 0.5) is 5.82 Å². The average Bonchev–Trinajstić information content (AvgIpc) is 3.19. The Kier molecular flexibility index (Phi) is 4.28. The van der Waals surface area contributed by atoms with E-state index in [0.717, 1.165) is 65.8 Å². The Morgan fingerprint density at radius 3 is 2.78 bits per heavy atom. The van der Waals surface area contributed by atoms with Gasteiger partial charge in [0.05, 0.1) is 23.5 Å². The Morgan fingerprint density at radius 2 is 1.97 bits per heavy atom. The number of nitrogen functional groups attached to an aromatic ring is 1. The van der Waals surface area contributed by atoms with Gasteiger partial charge >= 0.3 is 0 Å². The van der Waals surface area contributed by atoms with E-state index < -0.39 is 0 Å². The monoisotopic (exact) mass is 427 g/mol. The van der Waals surface area contributed by atoms with Gasteiger partial charge in [-0.05, 0) is 49.4 Å². The van der Waals surface area contributed by atoms with E-state index in [1.165, 1.54) is 6.33 Å². The Balaban J connectivity index is 1.50. The van der Waals surface area contributed by atoms with Crippen LogP contribution in [0.25, 0.3) is 28.0 Å². The Labute approximate surface area is 185 Å². The number of hydrogen-bond donors (Lipinski definition) is 1. The maximum Gasteiger partial charge on any atom is 0.219 e. The fraction of sp³-hybridized carbons (Fsp3) is 0.333. The maximum atomic E-state index is 12.1. The largest absolute Gasteiger partial charge is 0.382 e. The molecule has 32 heavy (non-hydrogen) atoms. The van der Waals surface area contributed by atoms with Gasteiger partial charge in [0.15, 0.2) is 5.82 Å². The van der Waals surface area contributed by atoms with Gasteiger partial charge in [0.25, 0.3) is 0 Å². The van der Waals surface area contributed by atoms with Crippen LogP contribution in [0.5, 0.6) is 0 Å². The fourth-order valence-electron chi connectivity index (χ4n) is 5.00. The molecule has 3 aromatic heterocycles. The van der Waals surface area contributed by atoms with Crippen LogP contribution >= 0.6 is 0 Å². The first-order chi connectivity index (χ1) is 15.6. The number of carbonyl (C=O) groups excluding carboxylic acids is 1. The maximum absolute atomic E-state index is 12.1. The lowest BCUT2D eigenvalue weighted by Crippen LogP contribution is -2.28. The van der Waals surface area contributed by atoms with Crippen LogP contribution in [0.15, 0.2) is 48.9 Å². The number of nitrogens with zero attached hydrogens (tertiary/aromatic N) is 6. The molecule has 0 bridgehead atoms. The molecule has 2 fully saturated rings. The summed E-state index contributed by atoms with van der Waals surface area (Å²) in [6, 6.07) is 13.2. The van der Waals surface area contributed by atoms with Crippen LogP contribution in [-0.2, 0) is 4.79 Å². The molecule has 1 atom stereocenters. The van der Waals surface area contributed by atoms with Gasteiger partial charge in [0.2, 0.25) is 5.91 Å². The number of hydrogen-bond acceptors (Lipinski definition) is 5. The van der Waals surface area contributed by atoms with Crippen molar-refractivity contribution >= 4 is 17.2 Å². The van der Waals surface area contributed by atoms with Crippen LogP contribution in [0.2, 0.25) is 0 Å². The molecule has 162 valence electrons. The second-order valence-corrected chi connectivity index (χ2v) is 8.74. The van der Waals surface area contributed by atoms with E-state index in [9.17, 15) is 4.79 Å². The number of rotatable bonds is 4. The highest BCUT2D eigenvalue weighted by Gasteiger charge is 2.30. The first kappa shape index (κ1) is 19.0. The molecule has 1 aromatic carbocycles. The van der Waals surface area contributed by atoms with E-state index in [0.29, 0.717) is 11.9 Å². The smallest absolute Gasteiger partial charge is 0.219 e. The number of carbonyl (C=O) groups is 1. The number of benzene rings is 1. The molecular weight excluding hydrogens is 402 g/mol. The number of likely N-dealkylation sites (tertiary alicyclic amines) is 1. The van der Waals surface area contributed by atoms with Crippen molar-refractivity contribution in [1.29, 1.82) is 0 Å². The van der Waals surface area contributed by atoms with Gasteiger partial charge < -0.3 is 10.6 Å². The molecule has 8 heteroatoms. The summed E-state index contributed by atoms with van der Waals surface area (Å²) in [4.78, 5) is 18.3. The predicted octanol–water partition coefficient (Wildman–Crippen LogP) is 3.86. The van der Waals surface area contributed by atoms with E-state index in [2.05, 4.69) is 50.2 Å². The second kappa shape index (κ2) is 7.19. The zero-order valence-corrected chi connectivity index (χ0v) is 18.0. The highest BCUT2D eigenvalue weighted by atomic mass is 16.2. The topological polar surface area (TPSA) is 94.3 Å². The summed E-state index contributed by atoms with van der Waals surface area (Å²) in [5.41, 5.74) is 12.3. The van der Waals surface area contributed by atoms with Crippen LogP contribution in [0.3, 0.4) is 0 Å². The van der Waals surface area contributed by atoms with Crippen LogP contribution in [0, 0.1) is 0 Å². The number of fused-ring (bicyclic) bond motifs is 1. The predicted molar refractivity (Wildman–Crippen MR) is 122 cm³/mol. The molecule has 2 N–H and O–H groups in total. The van der Waals surface area contributed by atoms with E-state index in [4.69, 9.17) is 5.73 Å². The molecule has 1 saturated heterocycles. The van der Waals surface area contributed by atoms with E-state index in [1.807, 2.05) is 21.7 Å². The average molecular weight is 428 g/mol. The fourth-order valence-corrected chi connectivity index (χ4v) is 5.00. The van der Waals surface area contributed by atoms with Gasteiger partial charge in [-0.25, -0.2) is 9.50 Å². The highest BCUT2D eigenvalue weighted by Crippen LogP contribution is 2.41. The van der Waals surface area contributed by atoms with Crippen LogP contribution < -0.4 is 5.73 Å². The SMILES string of the molecule is CC(=O)N1CCC[C@H]1c1cccc(-c2cc(-c3ccnn3C3CC3)c3c(N)ncnn23)c1. The third-order valence-corrected chi connectivity index (χ3v) is 6.65. The van der Waals surface area contributed by atoms with Crippen molar-refractivity contribution in [2.45, 2.75) is 44.7 Å². The Bertz CT molecular complexity index is 1330. The van der Waals surface area contributed by atoms with Gasteiger partial charge in [0, 0.05) is 30.8 Å². The third-order valence-electron chi connectivity index (χ3n) is 6.65.